The smallest absolute Gasteiger partial charge is 0.126 e. The van der Waals surface area contributed by atoms with Crippen molar-refractivity contribution in [3.05, 3.63) is 35.1 Å². The zero-order valence-corrected chi connectivity index (χ0v) is 9.63. The predicted octanol–water partition coefficient (Wildman–Crippen LogP) is 2.64. The number of aryl methyl sites for hydroxylation is 1. The van der Waals surface area contributed by atoms with Crippen LogP contribution in [-0.4, -0.2) is 11.4 Å². The highest BCUT2D eigenvalue weighted by atomic mass is 19.1. The highest BCUT2D eigenvalue weighted by Crippen LogP contribution is 2.13. The SMILES string of the molecule is Cc1cc(F)ccc1C(N)=NC(C)(C)C. The molecule has 0 bridgehead atoms. The number of amidine groups is 1. The van der Waals surface area contributed by atoms with E-state index in [0.717, 1.165) is 11.1 Å². The number of hydrogen-bond donors (Lipinski definition) is 1. The highest BCUT2D eigenvalue weighted by Gasteiger charge is 2.10. The van der Waals surface area contributed by atoms with Gasteiger partial charge in [-0.3, -0.25) is 4.99 Å². The van der Waals surface area contributed by atoms with Gasteiger partial charge in [-0.2, -0.15) is 0 Å². The Morgan fingerprint density at radius 1 is 1.33 bits per heavy atom. The third-order valence-corrected chi connectivity index (χ3v) is 1.92. The fourth-order valence-electron chi connectivity index (χ4n) is 1.34. The Morgan fingerprint density at radius 3 is 2.40 bits per heavy atom. The summed E-state index contributed by atoms with van der Waals surface area (Å²) in [7, 11) is 0. The van der Waals surface area contributed by atoms with Crippen molar-refractivity contribution in [2.45, 2.75) is 33.2 Å². The Kier molecular flexibility index (Phi) is 3.12. The van der Waals surface area contributed by atoms with Gasteiger partial charge in [0.1, 0.15) is 11.7 Å². The number of aliphatic imine (C=N–C) groups is 1. The molecule has 1 aromatic carbocycles. The molecule has 0 atom stereocenters. The van der Waals surface area contributed by atoms with Gasteiger partial charge in [-0.1, -0.05) is 0 Å². The number of benzene rings is 1. The summed E-state index contributed by atoms with van der Waals surface area (Å²) in [4.78, 5) is 4.34. The molecule has 2 nitrogen and oxygen atoms in total. The van der Waals surface area contributed by atoms with E-state index in [2.05, 4.69) is 4.99 Å². The van der Waals surface area contributed by atoms with Crippen LogP contribution in [0.3, 0.4) is 0 Å². The second kappa shape index (κ2) is 4.01. The lowest BCUT2D eigenvalue weighted by molar-refractivity contribution is 0.583. The van der Waals surface area contributed by atoms with E-state index in [0.29, 0.717) is 5.84 Å². The lowest BCUT2D eigenvalue weighted by Gasteiger charge is -2.14. The lowest BCUT2D eigenvalue weighted by Crippen LogP contribution is -2.22. The molecule has 0 aromatic heterocycles. The molecule has 82 valence electrons. The molecule has 0 aliphatic rings. The molecule has 1 aromatic rings. The van der Waals surface area contributed by atoms with Gasteiger partial charge in [0.25, 0.3) is 0 Å². The lowest BCUT2D eigenvalue weighted by atomic mass is 10.1. The number of halogens is 1. The molecule has 0 fully saturated rings. The zero-order valence-electron chi connectivity index (χ0n) is 9.63. The average molecular weight is 208 g/mol. The van der Waals surface area contributed by atoms with E-state index in [1.54, 1.807) is 6.07 Å². The molecule has 15 heavy (non-hydrogen) atoms. The fraction of sp³-hybridized carbons (Fsp3) is 0.417. The van der Waals surface area contributed by atoms with Crippen molar-refractivity contribution in [1.29, 1.82) is 0 Å². The summed E-state index contributed by atoms with van der Waals surface area (Å²) in [6.07, 6.45) is 0. The molecular weight excluding hydrogens is 191 g/mol. The predicted molar refractivity (Wildman–Crippen MR) is 61.6 cm³/mol. The standard InChI is InChI=1S/C12H17FN2/c1-8-7-9(13)5-6-10(8)11(14)15-12(2,3)4/h5-7H,1-4H3,(H2,14,15). The topological polar surface area (TPSA) is 38.4 Å². The minimum Gasteiger partial charge on any atom is -0.383 e. The van der Waals surface area contributed by atoms with Crippen LogP contribution in [-0.2, 0) is 0 Å². The molecule has 2 N–H and O–H groups in total. The maximum absolute atomic E-state index is 12.9. The molecular formula is C12H17FN2. The molecule has 0 heterocycles. The summed E-state index contributed by atoms with van der Waals surface area (Å²) in [6.45, 7) is 7.74. The summed E-state index contributed by atoms with van der Waals surface area (Å²) in [5.41, 5.74) is 7.25. The van der Waals surface area contributed by atoms with Crippen LogP contribution >= 0.6 is 0 Å². The summed E-state index contributed by atoms with van der Waals surface area (Å²) in [6, 6.07) is 4.52. The number of rotatable bonds is 1. The van der Waals surface area contributed by atoms with Gasteiger partial charge >= 0.3 is 0 Å². The highest BCUT2D eigenvalue weighted by molar-refractivity contribution is 5.98. The Morgan fingerprint density at radius 2 is 1.93 bits per heavy atom. The third kappa shape index (κ3) is 3.35. The quantitative estimate of drug-likeness (QED) is 0.559. The van der Waals surface area contributed by atoms with E-state index in [1.807, 2.05) is 27.7 Å². The number of nitrogens with two attached hydrogens (primary N) is 1. The first kappa shape index (κ1) is 11.7. The Balaban J connectivity index is 3.12. The first-order chi connectivity index (χ1) is 6.79. The van der Waals surface area contributed by atoms with Crippen molar-refractivity contribution in [1.82, 2.24) is 0 Å². The maximum atomic E-state index is 12.9. The minimum absolute atomic E-state index is 0.217. The number of hydrogen-bond acceptors (Lipinski definition) is 1. The largest absolute Gasteiger partial charge is 0.383 e. The van der Waals surface area contributed by atoms with E-state index in [1.165, 1.54) is 12.1 Å². The Labute approximate surface area is 90.0 Å². The van der Waals surface area contributed by atoms with Crippen LogP contribution in [0.2, 0.25) is 0 Å². The van der Waals surface area contributed by atoms with Gasteiger partial charge in [0.2, 0.25) is 0 Å². The van der Waals surface area contributed by atoms with Crippen LogP contribution in [0.4, 0.5) is 4.39 Å². The zero-order chi connectivity index (χ0) is 11.6. The van der Waals surface area contributed by atoms with Gasteiger partial charge in [0.15, 0.2) is 0 Å². The first-order valence-electron chi connectivity index (χ1n) is 4.91. The van der Waals surface area contributed by atoms with Crippen LogP contribution in [0, 0.1) is 12.7 Å². The second-order valence-corrected chi connectivity index (χ2v) is 4.63. The molecule has 0 saturated carbocycles. The molecule has 0 aliphatic heterocycles. The minimum atomic E-state index is -0.250. The molecule has 0 spiro atoms. The van der Waals surface area contributed by atoms with E-state index in [-0.39, 0.29) is 11.4 Å². The van der Waals surface area contributed by atoms with Crippen molar-refractivity contribution < 1.29 is 4.39 Å². The van der Waals surface area contributed by atoms with Crippen LogP contribution in [0.25, 0.3) is 0 Å². The van der Waals surface area contributed by atoms with Crippen molar-refractivity contribution in [2.75, 3.05) is 0 Å². The van der Waals surface area contributed by atoms with Crippen molar-refractivity contribution >= 4 is 5.84 Å². The van der Waals surface area contributed by atoms with Crippen LogP contribution < -0.4 is 5.73 Å². The van der Waals surface area contributed by atoms with Crippen molar-refractivity contribution in [2.24, 2.45) is 10.7 Å². The van der Waals surface area contributed by atoms with Gasteiger partial charge < -0.3 is 5.73 Å². The summed E-state index contributed by atoms with van der Waals surface area (Å²) in [5, 5.41) is 0. The van der Waals surface area contributed by atoms with E-state index < -0.39 is 0 Å². The van der Waals surface area contributed by atoms with Crippen LogP contribution in [0.5, 0.6) is 0 Å². The van der Waals surface area contributed by atoms with E-state index in [9.17, 15) is 4.39 Å². The average Bonchev–Trinajstić information content (AvgIpc) is 1.99. The molecule has 0 unspecified atom stereocenters. The monoisotopic (exact) mass is 208 g/mol. The van der Waals surface area contributed by atoms with Gasteiger partial charge in [-0.25, -0.2) is 4.39 Å². The van der Waals surface area contributed by atoms with Crippen molar-refractivity contribution in [3.8, 4) is 0 Å². The molecule has 1 rings (SSSR count). The van der Waals surface area contributed by atoms with Gasteiger partial charge in [-0.05, 0) is 51.5 Å². The molecule has 0 radical (unpaired) electrons. The Hall–Kier alpha value is -1.38. The normalized spacial score (nSPS) is 13.0. The van der Waals surface area contributed by atoms with Crippen molar-refractivity contribution in [3.63, 3.8) is 0 Å². The fourth-order valence-corrected chi connectivity index (χ4v) is 1.34. The molecule has 0 amide bonds. The van der Waals surface area contributed by atoms with E-state index >= 15 is 0 Å². The third-order valence-electron chi connectivity index (χ3n) is 1.92. The maximum Gasteiger partial charge on any atom is 0.126 e. The van der Waals surface area contributed by atoms with Gasteiger partial charge in [-0.15, -0.1) is 0 Å². The molecule has 0 aliphatic carbocycles. The summed E-state index contributed by atoms with van der Waals surface area (Å²) < 4.78 is 12.9. The second-order valence-electron chi connectivity index (χ2n) is 4.63. The van der Waals surface area contributed by atoms with Crippen LogP contribution in [0.1, 0.15) is 31.9 Å². The van der Waals surface area contributed by atoms with Crippen LogP contribution in [0.15, 0.2) is 23.2 Å². The van der Waals surface area contributed by atoms with Gasteiger partial charge in [0.05, 0.1) is 5.54 Å². The number of nitrogens with zero attached hydrogens (tertiary/aromatic N) is 1. The van der Waals surface area contributed by atoms with Gasteiger partial charge in [0, 0.05) is 5.56 Å². The summed E-state index contributed by atoms with van der Waals surface area (Å²) in [5.74, 6) is 0.208. The molecule has 0 saturated heterocycles. The van der Waals surface area contributed by atoms with E-state index in [4.69, 9.17) is 5.73 Å². The first-order valence-corrected chi connectivity index (χ1v) is 4.91. The molecule has 3 heteroatoms. The Bertz CT molecular complexity index is 389. The summed E-state index contributed by atoms with van der Waals surface area (Å²) >= 11 is 0.